The number of anilines is 1. The Labute approximate surface area is 123 Å². The molecule has 21 heavy (non-hydrogen) atoms. The number of nitrogens with two attached hydrogens (primary N) is 1. The molecule has 0 bridgehead atoms. The van der Waals surface area contributed by atoms with Crippen LogP contribution in [0.5, 0.6) is 17.2 Å². The second-order valence-corrected chi connectivity index (χ2v) is 4.36. The van der Waals surface area contributed by atoms with Crippen LogP contribution in [0.3, 0.4) is 0 Å². The molecular formula is C16H17NO4. The summed E-state index contributed by atoms with van der Waals surface area (Å²) >= 11 is 0. The van der Waals surface area contributed by atoms with Gasteiger partial charge in [0.25, 0.3) is 0 Å². The number of carbonyl (C=O) groups excluding carboxylic acids is 1. The fraction of sp³-hybridized carbons (Fsp3) is 0.188. The van der Waals surface area contributed by atoms with Crippen LogP contribution in [0, 0.1) is 0 Å². The number of ketones is 1. The summed E-state index contributed by atoms with van der Waals surface area (Å²) in [4.78, 5) is 12.6. The van der Waals surface area contributed by atoms with Crippen molar-refractivity contribution in [2.45, 2.75) is 0 Å². The Morgan fingerprint density at radius 1 is 0.952 bits per heavy atom. The molecule has 0 atom stereocenters. The summed E-state index contributed by atoms with van der Waals surface area (Å²) in [6.45, 7) is 0. The summed E-state index contributed by atoms with van der Waals surface area (Å²) in [5, 5.41) is 0. The molecule has 0 saturated carbocycles. The molecule has 0 amide bonds. The number of rotatable bonds is 5. The molecule has 0 unspecified atom stereocenters. The second kappa shape index (κ2) is 6.17. The molecule has 0 spiro atoms. The zero-order valence-electron chi connectivity index (χ0n) is 12.2. The Kier molecular flexibility index (Phi) is 4.33. The molecule has 0 saturated heterocycles. The van der Waals surface area contributed by atoms with Crippen LogP contribution in [0.2, 0.25) is 0 Å². The maximum Gasteiger partial charge on any atom is 0.195 e. The van der Waals surface area contributed by atoms with Gasteiger partial charge in [-0.05, 0) is 18.2 Å². The van der Waals surface area contributed by atoms with Crippen molar-refractivity contribution >= 4 is 11.5 Å². The van der Waals surface area contributed by atoms with Gasteiger partial charge in [0.15, 0.2) is 17.3 Å². The van der Waals surface area contributed by atoms with Crippen molar-refractivity contribution in [1.29, 1.82) is 0 Å². The normalized spacial score (nSPS) is 10.0. The second-order valence-electron chi connectivity index (χ2n) is 4.36. The number of hydrogen-bond donors (Lipinski definition) is 1. The van der Waals surface area contributed by atoms with Crippen molar-refractivity contribution in [3.63, 3.8) is 0 Å². The summed E-state index contributed by atoms with van der Waals surface area (Å²) < 4.78 is 15.5. The summed E-state index contributed by atoms with van der Waals surface area (Å²) in [7, 11) is 4.57. The van der Waals surface area contributed by atoms with E-state index in [1.54, 1.807) is 43.5 Å². The van der Waals surface area contributed by atoms with Gasteiger partial charge in [-0.25, -0.2) is 0 Å². The van der Waals surface area contributed by atoms with Crippen LogP contribution in [-0.4, -0.2) is 27.1 Å². The standard InChI is InChI=1S/C16H17NO4/c1-19-11-6-4-5-10(7-11)16(18)12-8-14(20-2)15(21-3)9-13(12)17/h4-9H,17H2,1-3H3. The van der Waals surface area contributed by atoms with Gasteiger partial charge in [-0.3, -0.25) is 4.79 Å². The summed E-state index contributed by atoms with van der Waals surface area (Å²) in [5.74, 6) is 1.35. The number of methoxy groups -OCH3 is 3. The highest BCUT2D eigenvalue weighted by Crippen LogP contribution is 2.33. The van der Waals surface area contributed by atoms with Gasteiger partial charge in [-0.15, -0.1) is 0 Å². The molecule has 0 fully saturated rings. The molecule has 2 rings (SSSR count). The van der Waals surface area contributed by atoms with Gasteiger partial charge in [0.1, 0.15) is 5.75 Å². The average Bonchev–Trinajstić information content (AvgIpc) is 2.53. The van der Waals surface area contributed by atoms with Gasteiger partial charge in [0.05, 0.1) is 21.3 Å². The Morgan fingerprint density at radius 2 is 1.62 bits per heavy atom. The van der Waals surface area contributed by atoms with Crippen LogP contribution in [0.15, 0.2) is 36.4 Å². The first-order valence-electron chi connectivity index (χ1n) is 6.31. The monoisotopic (exact) mass is 287 g/mol. The molecule has 0 radical (unpaired) electrons. The minimum absolute atomic E-state index is 0.202. The molecule has 0 heterocycles. The number of ether oxygens (including phenoxy) is 3. The van der Waals surface area contributed by atoms with Gasteiger partial charge >= 0.3 is 0 Å². The number of carbonyl (C=O) groups is 1. The molecule has 0 aliphatic carbocycles. The van der Waals surface area contributed by atoms with E-state index in [1.807, 2.05) is 0 Å². The molecule has 0 aliphatic heterocycles. The number of hydrogen-bond acceptors (Lipinski definition) is 5. The van der Waals surface area contributed by atoms with Crippen molar-refractivity contribution < 1.29 is 19.0 Å². The Bertz CT molecular complexity index is 667. The van der Waals surface area contributed by atoms with Crippen LogP contribution < -0.4 is 19.9 Å². The van der Waals surface area contributed by atoms with Crippen molar-refractivity contribution in [2.75, 3.05) is 27.1 Å². The van der Waals surface area contributed by atoms with Gasteiger partial charge < -0.3 is 19.9 Å². The van der Waals surface area contributed by atoms with Crippen molar-refractivity contribution in [3.8, 4) is 17.2 Å². The maximum absolute atomic E-state index is 12.6. The highest BCUT2D eigenvalue weighted by Gasteiger charge is 2.17. The van der Waals surface area contributed by atoms with E-state index < -0.39 is 0 Å². The smallest absolute Gasteiger partial charge is 0.195 e. The first-order chi connectivity index (χ1) is 10.1. The highest BCUT2D eigenvalue weighted by atomic mass is 16.5. The lowest BCUT2D eigenvalue weighted by molar-refractivity contribution is 0.103. The zero-order chi connectivity index (χ0) is 15.4. The van der Waals surface area contributed by atoms with Crippen LogP contribution in [-0.2, 0) is 0 Å². The van der Waals surface area contributed by atoms with Gasteiger partial charge in [0.2, 0.25) is 0 Å². The molecule has 5 nitrogen and oxygen atoms in total. The molecule has 2 aromatic carbocycles. The summed E-state index contributed by atoms with van der Waals surface area (Å²) in [6.07, 6.45) is 0. The third-order valence-corrected chi connectivity index (χ3v) is 3.13. The molecular weight excluding hydrogens is 270 g/mol. The topological polar surface area (TPSA) is 70.8 Å². The average molecular weight is 287 g/mol. The number of benzene rings is 2. The third-order valence-electron chi connectivity index (χ3n) is 3.13. The van der Waals surface area contributed by atoms with E-state index in [9.17, 15) is 4.79 Å². The number of nitrogen functional groups attached to an aromatic ring is 1. The lowest BCUT2D eigenvalue weighted by atomic mass is 10.0. The van der Waals surface area contributed by atoms with Crippen LogP contribution in [0.4, 0.5) is 5.69 Å². The molecule has 5 heteroatoms. The Hall–Kier alpha value is -2.69. The summed E-state index contributed by atoms with van der Waals surface area (Å²) in [5.41, 5.74) is 7.13. The first-order valence-corrected chi connectivity index (χ1v) is 6.31. The van der Waals surface area contributed by atoms with Gasteiger partial charge in [-0.1, -0.05) is 12.1 Å². The molecule has 110 valence electrons. The van der Waals surface area contributed by atoms with Crippen molar-refractivity contribution in [2.24, 2.45) is 0 Å². The Morgan fingerprint density at radius 3 is 2.24 bits per heavy atom. The lowest BCUT2D eigenvalue weighted by Gasteiger charge is -2.12. The molecule has 0 aliphatic rings. The van der Waals surface area contributed by atoms with Crippen LogP contribution in [0.25, 0.3) is 0 Å². The maximum atomic E-state index is 12.6. The van der Waals surface area contributed by atoms with Crippen LogP contribution >= 0.6 is 0 Å². The lowest BCUT2D eigenvalue weighted by Crippen LogP contribution is -2.07. The van der Waals surface area contributed by atoms with E-state index in [0.717, 1.165) is 0 Å². The largest absolute Gasteiger partial charge is 0.497 e. The van der Waals surface area contributed by atoms with Crippen molar-refractivity contribution in [1.82, 2.24) is 0 Å². The SMILES string of the molecule is COc1cccc(C(=O)c2cc(OC)c(OC)cc2N)c1. The fourth-order valence-corrected chi connectivity index (χ4v) is 2.01. The zero-order valence-corrected chi connectivity index (χ0v) is 12.2. The third kappa shape index (κ3) is 2.91. The molecule has 0 aromatic heterocycles. The van der Waals surface area contributed by atoms with Crippen LogP contribution in [0.1, 0.15) is 15.9 Å². The van der Waals surface area contributed by atoms with E-state index in [-0.39, 0.29) is 5.78 Å². The van der Waals surface area contributed by atoms with Crippen molar-refractivity contribution in [3.05, 3.63) is 47.5 Å². The van der Waals surface area contributed by atoms with E-state index in [0.29, 0.717) is 34.1 Å². The molecule has 2 N–H and O–H groups in total. The molecule has 2 aromatic rings. The minimum Gasteiger partial charge on any atom is -0.497 e. The summed E-state index contributed by atoms with van der Waals surface area (Å²) in [6, 6.07) is 10.1. The Balaban J connectivity index is 2.47. The van der Waals surface area contributed by atoms with E-state index in [1.165, 1.54) is 14.2 Å². The fourth-order valence-electron chi connectivity index (χ4n) is 2.01. The predicted molar refractivity (Wildman–Crippen MR) is 80.4 cm³/mol. The highest BCUT2D eigenvalue weighted by molar-refractivity contribution is 6.12. The van der Waals surface area contributed by atoms with E-state index >= 15 is 0 Å². The quantitative estimate of drug-likeness (QED) is 0.676. The van der Waals surface area contributed by atoms with E-state index in [4.69, 9.17) is 19.9 Å². The minimum atomic E-state index is -0.202. The first kappa shape index (κ1) is 14.7. The van der Waals surface area contributed by atoms with Gasteiger partial charge in [-0.2, -0.15) is 0 Å². The predicted octanol–water partition coefficient (Wildman–Crippen LogP) is 2.53. The van der Waals surface area contributed by atoms with Gasteiger partial charge in [0, 0.05) is 22.9 Å². The van der Waals surface area contributed by atoms with E-state index in [2.05, 4.69) is 0 Å².